The monoisotopic (exact) mass is 202 g/mol. The van der Waals surface area contributed by atoms with Gasteiger partial charge in [0.2, 0.25) is 5.95 Å². The first-order valence-electron chi connectivity index (χ1n) is 4.42. The molecule has 1 aromatic heterocycles. The van der Waals surface area contributed by atoms with Crippen molar-refractivity contribution in [3.8, 4) is 5.75 Å². The Bertz CT molecular complexity index is 450. The lowest BCUT2D eigenvalue weighted by molar-refractivity contribution is 0.414. The highest BCUT2D eigenvalue weighted by molar-refractivity contribution is 5.84. The van der Waals surface area contributed by atoms with Gasteiger partial charge >= 0.3 is 0 Å². The van der Waals surface area contributed by atoms with Gasteiger partial charge in [-0.1, -0.05) is 12.1 Å². The fraction of sp³-hybridized carbons (Fsp3) is 0.100. The van der Waals surface area contributed by atoms with Crippen LogP contribution in [-0.4, -0.2) is 28.5 Å². The van der Waals surface area contributed by atoms with Crippen LogP contribution in [0.4, 0.5) is 5.95 Å². The molecule has 1 N–H and O–H groups in total. The minimum Gasteiger partial charge on any atom is -0.496 e. The quantitative estimate of drug-likeness (QED) is 0.768. The van der Waals surface area contributed by atoms with Crippen molar-refractivity contribution < 1.29 is 4.74 Å². The topological polar surface area (TPSA) is 63.2 Å². The van der Waals surface area contributed by atoms with Gasteiger partial charge in [0, 0.05) is 11.8 Å². The number of hydrogen-bond donors (Lipinski definition) is 1. The summed E-state index contributed by atoms with van der Waals surface area (Å²) in [7, 11) is 1.63. The SMILES string of the molecule is COc1ccccc1C=Nc1ncn[nH]1. The number of H-pyrrole nitrogens is 1. The molecule has 2 rings (SSSR count). The van der Waals surface area contributed by atoms with Crippen LogP contribution in [-0.2, 0) is 0 Å². The third-order valence-corrected chi connectivity index (χ3v) is 1.87. The first kappa shape index (κ1) is 9.39. The fourth-order valence-corrected chi connectivity index (χ4v) is 1.16. The number of benzene rings is 1. The van der Waals surface area contributed by atoms with Crippen LogP contribution in [0.5, 0.6) is 5.75 Å². The highest BCUT2D eigenvalue weighted by atomic mass is 16.5. The lowest BCUT2D eigenvalue weighted by Gasteiger charge is -2.01. The van der Waals surface area contributed by atoms with Gasteiger partial charge in [0.05, 0.1) is 7.11 Å². The fourth-order valence-electron chi connectivity index (χ4n) is 1.16. The Hall–Kier alpha value is -2.17. The summed E-state index contributed by atoms with van der Waals surface area (Å²) >= 11 is 0. The molecule has 5 heteroatoms. The summed E-state index contributed by atoms with van der Waals surface area (Å²) in [6, 6.07) is 7.62. The van der Waals surface area contributed by atoms with E-state index in [2.05, 4.69) is 20.2 Å². The normalized spacial score (nSPS) is 10.7. The maximum atomic E-state index is 5.18. The Labute approximate surface area is 86.8 Å². The second-order valence-electron chi connectivity index (χ2n) is 2.81. The Morgan fingerprint density at radius 3 is 3.00 bits per heavy atom. The van der Waals surface area contributed by atoms with E-state index < -0.39 is 0 Å². The van der Waals surface area contributed by atoms with Crippen LogP contribution in [0.25, 0.3) is 0 Å². The zero-order valence-electron chi connectivity index (χ0n) is 8.21. The number of aliphatic imine (C=N–C) groups is 1. The molecule has 0 spiro atoms. The Morgan fingerprint density at radius 2 is 2.27 bits per heavy atom. The average Bonchev–Trinajstić information content (AvgIpc) is 2.79. The lowest BCUT2D eigenvalue weighted by atomic mass is 10.2. The minimum atomic E-state index is 0.473. The van der Waals surface area contributed by atoms with Crippen molar-refractivity contribution in [3.63, 3.8) is 0 Å². The molecule has 0 saturated carbocycles. The third-order valence-electron chi connectivity index (χ3n) is 1.87. The molecule has 0 amide bonds. The van der Waals surface area contributed by atoms with Gasteiger partial charge in [0.25, 0.3) is 0 Å². The van der Waals surface area contributed by atoms with E-state index in [1.54, 1.807) is 13.3 Å². The van der Waals surface area contributed by atoms with Crippen LogP contribution in [0.15, 0.2) is 35.6 Å². The molecule has 5 nitrogen and oxygen atoms in total. The van der Waals surface area contributed by atoms with Crippen molar-refractivity contribution in [1.29, 1.82) is 0 Å². The minimum absolute atomic E-state index is 0.473. The van der Waals surface area contributed by atoms with Gasteiger partial charge in [-0.15, -0.1) is 0 Å². The van der Waals surface area contributed by atoms with Gasteiger partial charge in [-0.05, 0) is 12.1 Å². The van der Waals surface area contributed by atoms with E-state index in [0.717, 1.165) is 11.3 Å². The highest BCUT2D eigenvalue weighted by Crippen LogP contribution is 2.15. The summed E-state index contributed by atoms with van der Waals surface area (Å²) in [6.07, 6.45) is 3.09. The molecule has 15 heavy (non-hydrogen) atoms. The van der Waals surface area contributed by atoms with Gasteiger partial charge in [-0.2, -0.15) is 10.1 Å². The second kappa shape index (κ2) is 4.36. The average molecular weight is 202 g/mol. The molecule has 0 radical (unpaired) electrons. The van der Waals surface area contributed by atoms with Crippen LogP contribution >= 0.6 is 0 Å². The number of aromatic nitrogens is 3. The Morgan fingerprint density at radius 1 is 1.40 bits per heavy atom. The molecule has 0 aliphatic rings. The van der Waals surface area contributed by atoms with Gasteiger partial charge in [-0.3, -0.25) is 0 Å². The second-order valence-corrected chi connectivity index (χ2v) is 2.81. The van der Waals surface area contributed by atoms with Crippen molar-refractivity contribution in [1.82, 2.24) is 15.2 Å². The molecule has 0 saturated heterocycles. The molecular weight excluding hydrogens is 192 g/mol. The van der Waals surface area contributed by atoms with Crippen molar-refractivity contribution in [2.75, 3.05) is 7.11 Å². The number of nitrogens with one attached hydrogen (secondary N) is 1. The van der Waals surface area contributed by atoms with E-state index >= 15 is 0 Å². The third kappa shape index (κ3) is 2.19. The predicted molar refractivity (Wildman–Crippen MR) is 56.6 cm³/mol. The maximum Gasteiger partial charge on any atom is 0.245 e. The van der Waals surface area contributed by atoms with Crippen LogP contribution in [0.1, 0.15) is 5.56 Å². The first-order chi connectivity index (χ1) is 7.40. The molecule has 0 unspecified atom stereocenters. The zero-order valence-corrected chi connectivity index (χ0v) is 8.21. The van der Waals surface area contributed by atoms with Crippen LogP contribution in [0, 0.1) is 0 Å². The molecule has 2 aromatic rings. The molecule has 0 fully saturated rings. The van der Waals surface area contributed by atoms with E-state index in [9.17, 15) is 0 Å². The zero-order chi connectivity index (χ0) is 10.5. The lowest BCUT2D eigenvalue weighted by Crippen LogP contribution is -1.89. The van der Waals surface area contributed by atoms with Crippen molar-refractivity contribution in [3.05, 3.63) is 36.2 Å². The van der Waals surface area contributed by atoms with Gasteiger partial charge in [0.1, 0.15) is 12.1 Å². The summed E-state index contributed by atoms with van der Waals surface area (Å²) in [4.78, 5) is 7.99. The summed E-state index contributed by atoms with van der Waals surface area (Å²) in [5.41, 5.74) is 0.899. The van der Waals surface area contributed by atoms with Gasteiger partial charge < -0.3 is 4.74 Å². The molecule has 1 aromatic carbocycles. The Kier molecular flexibility index (Phi) is 2.73. The molecule has 0 atom stereocenters. The van der Waals surface area contributed by atoms with Crippen molar-refractivity contribution >= 4 is 12.2 Å². The molecule has 1 heterocycles. The molecular formula is C10H10N4O. The molecule has 0 bridgehead atoms. The summed E-state index contributed by atoms with van der Waals surface area (Å²) in [5.74, 6) is 1.25. The molecule has 0 aliphatic heterocycles. The number of aromatic amines is 1. The van der Waals surface area contributed by atoms with Crippen LogP contribution < -0.4 is 4.74 Å². The number of ether oxygens (including phenoxy) is 1. The van der Waals surface area contributed by atoms with Crippen molar-refractivity contribution in [2.45, 2.75) is 0 Å². The van der Waals surface area contributed by atoms with E-state index in [4.69, 9.17) is 4.74 Å². The van der Waals surface area contributed by atoms with Gasteiger partial charge in [-0.25, -0.2) is 10.1 Å². The van der Waals surface area contributed by atoms with Crippen LogP contribution in [0.3, 0.4) is 0 Å². The molecule has 76 valence electrons. The van der Waals surface area contributed by atoms with E-state index in [1.165, 1.54) is 6.33 Å². The predicted octanol–water partition coefficient (Wildman–Crippen LogP) is 1.56. The van der Waals surface area contributed by atoms with E-state index in [-0.39, 0.29) is 0 Å². The molecule has 0 aliphatic carbocycles. The maximum absolute atomic E-state index is 5.18. The first-order valence-corrected chi connectivity index (χ1v) is 4.42. The Balaban J connectivity index is 2.24. The van der Waals surface area contributed by atoms with Crippen molar-refractivity contribution in [2.24, 2.45) is 4.99 Å². The number of rotatable bonds is 3. The number of methoxy groups -OCH3 is 1. The number of nitrogens with zero attached hydrogens (tertiary/aromatic N) is 3. The van der Waals surface area contributed by atoms with Crippen LogP contribution in [0.2, 0.25) is 0 Å². The summed E-state index contributed by atoms with van der Waals surface area (Å²) in [6.45, 7) is 0. The smallest absolute Gasteiger partial charge is 0.245 e. The van der Waals surface area contributed by atoms with E-state index in [1.807, 2.05) is 24.3 Å². The number of para-hydroxylation sites is 1. The number of hydrogen-bond acceptors (Lipinski definition) is 4. The standard InChI is InChI=1S/C10H10N4O/c1-15-9-5-3-2-4-8(9)6-11-10-12-7-13-14-10/h2-7H,1H3,(H,12,13,14). The largest absolute Gasteiger partial charge is 0.496 e. The highest BCUT2D eigenvalue weighted by Gasteiger charge is 1.97. The summed E-state index contributed by atoms with van der Waals surface area (Å²) in [5, 5.41) is 6.34. The van der Waals surface area contributed by atoms with E-state index in [0.29, 0.717) is 5.95 Å². The van der Waals surface area contributed by atoms with Gasteiger partial charge in [0.15, 0.2) is 0 Å². The summed E-state index contributed by atoms with van der Waals surface area (Å²) < 4.78 is 5.18.